The summed E-state index contributed by atoms with van der Waals surface area (Å²) < 4.78 is 15.7. The first kappa shape index (κ1) is 13.9. The Hall–Kier alpha value is -2.07. The standard InChI is InChI=1S/C16H15ClFN3/c1-2-14(10-6-4-3-5-7-10)21-15-9-12(18)11(17)8-13(15)20-16(21)19/h3-9,14H,2H2,1H3,(H2,19,20). The molecule has 3 rings (SSSR count). The average Bonchev–Trinajstić information content (AvgIpc) is 2.78. The van der Waals surface area contributed by atoms with Crippen molar-refractivity contribution in [2.75, 3.05) is 5.73 Å². The topological polar surface area (TPSA) is 43.8 Å². The van der Waals surface area contributed by atoms with E-state index in [9.17, 15) is 4.39 Å². The Balaban J connectivity index is 2.23. The van der Waals surface area contributed by atoms with Crippen LogP contribution in [0.2, 0.25) is 5.02 Å². The number of anilines is 1. The number of nitrogens with zero attached hydrogens (tertiary/aromatic N) is 2. The minimum absolute atomic E-state index is 0.0109. The summed E-state index contributed by atoms with van der Waals surface area (Å²) in [5, 5.41) is 0.0555. The van der Waals surface area contributed by atoms with Crippen LogP contribution in [0.3, 0.4) is 0 Å². The largest absolute Gasteiger partial charge is 0.369 e. The van der Waals surface area contributed by atoms with Crippen LogP contribution in [0.1, 0.15) is 24.9 Å². The summed E-state index contributed by atoms with van der Waals surface area (Å²) in [7, 11) is 0. The number of benzene rings is 2. The molecule has 1 unspecified atom stereocenters. The molecule has 0 aliphatic heterocycles. The lowest BCUT2D eigenvalue weighted by Gasteiger charge is -2.19. The molecular formula is C16H15ClFN3. The molecule has 0 aliphatic carbocycles. The Morgan fingerprint density at radius 2 is 2.00 bits per heavy atom. The number of hydrogen-bond acceptors (Lipinski definition) is 2. The summed E-state index contributed by atoms with van der Waals surface area (Å²) in [4.78, 5) is 4.30. The molecule has 5 heteroatoms. The molecule has 0 aliphatic rings. The molecule has 0 amide bonds. The van der Waals surface area contributed by atoms with E-state index in [4.69, 9.17) is 17.3 Å². The fraction of sp³-hybridized carbons (Fsp3) is 0.188. The molecule has 2 aromatic carbocycles. The van der Waals surface area contributed by atoms with Gasteiger partial charge in [-0.3, -0.25) is 0 Å². The fourth-order valence-corrected chi connectivity index (χ4v) is 2.84. The van der Waals surface area contributed by atoms with E-state index in [2.05, 4.69) is 11.9 Å². The molecule has 0 spiro atoms. The van der Waals surface area contributed by atoms with Crippen LogP contribution in [0.5, 0.6) is 0 Å². The molecule has 0 radical (unpaired) electrons. The lowest BCUT2D eigenvalue weighted by atomic mass is 10.0. The van der Waals surface area contributed by atoms with E-state index in [-0.39, 0.29) is 11.1 Å². The minimum Gasteiger partial charge on any atom is -0.369 e. The lowest BCUT2D eigenvalue weighted by Crippen LogP contribution is -2.12. The summed E-state index contributed by atoms with van der Waals surface area (Å²) in [5.41, 5.74) is 8.43. The maximum absolute atomic E-state index is 13.8. The number of nitrogens with two attached hydrogens (primary N) is 1. The predicted molar refractivity (Wildman–Crippen MR) is 84.0 cm³/mol. The zero-order chi connectivity index (χ0) is 15.0. The molecule has 2 N–H and O–H groups in total. The van der Waals surface area contributed by atoms with Gasteiger partial charge in [-0.1, -0.05) is 48.9 Å². The lowest BCUT2D eigenvalue weighted by molar-refractivity contribution is 0.585. The van der Waals surface area contributed by atoms with Crippen molar-refractivity contribution in [3.05, 3.63) is 58.9 Å². The SMILES string of the molecule is CCC(c1ccccc1)n1c(N)nc2cc(Cl)c(F)cc21. The number of nitrogen functional groups attached to an aromatic ring is 1. The van der Waals surface area contributed by atoms with Gasteiger partial charge in [0.25, 0.3) is 0 Å². The van der Waals surface area contributed by atoms with Gasteiger partial charge in [0.1, 0.15) is 5.82 Å². The molecule has 108 valence electrons. The highest BCUT2D eigenvalue weighted by molar-refractivity contribution is 6.31. The Bertz CT molecular complexity index is 783. The molecule has 21 heavy (non-hydrogen) atoms. The van der Waals surface area contributed by atoms with Gasteiger partial charge in [-0.25, -0.2) is 9.37 Å². The van der Waals surface area contributed by atoms with Gasteiger partial charge in [-0.05, 0) is 18.1 Å². The number of rotatable bonds is 3. The number of fused-ring (bicyclic) bond motifs is 1. The van der Waals surface area contributed by atoms with E-state index in [0.29, 0.717) is 17.0 Å². The maximum atomic E-state index is 13.8. The van der Waals surface area contributed by atoms with Crippen molar-refractivity contribution in [3.63, 3.8) is 0 Å². The first-order chi connectivity index (χ1) is 10.1. The van der Waals surface area contributed by atoms with Crippen molar-refractivity contribution in [1.82, 2.24) is 9.55 Å². The second kappa shape index (κ2) is 5.37. The van der Waals surface area contributed by atoms with Crippen molar-refractivity contribution in [2.24, 2.45) is 0 Å². The van der Waals surface area contributed by atoms with Crippen molar-refractivity contribution < 1.29 is 4.39 Å². The fourth-order valence-electron chi connectivity index (χ4n) is 2.68. The summed E-state index contributed by atoms with van der Waals surface area (Å²) >= 11 is 5.81. The zero-order valence-corrected chi connectivity index (χ0v) is 12.3. The van der Waals surface area contributed by atoms with E-state index in [1.165, 1.54) is 12.1 Å². The van der Waals surface area contributed by atoms with Crippen LogP contribution in [0.15, 0.2) is 42.5 Å². The summed E-state index contributed by atoms with van der Waals surface area (Å²) in [6, 6.07) is 12.9. The molecular weight excluding hydrogens is 289 g/mol. The van der Waals surface area contributed by atoms with Crippen LogP contribution in [0.25, 0.3) is 11.0 Å². The van der Waals surface area contributed by atoms with Gasteiger partial charge in [0.15, 0.2) is 0 Å². The highest BCUT2D eigenvalue weighted by Gasteiger charge is 2.19. The van der Waals surface area contributed by atoms with Crippen LogP contribution < -0.4 is 5.73 Å². The number of halogens is 2. The molecule has 0 saturated heterocycles. The summed E-state index contributed by atoms with van der Waals surface area (Å²) in [5.74, 6) is -0.101. The van der Waals surface area contributed by atoms with Crippen LogP contribution in [-0.4, -0.2) is 9.55 Å². The van der Waals surface area contributed by atoms with Gasteiger partial charge < -0.3 is 10.3 Å². The van der Waals surface area contributed by atoms with E-state index in [1.807, 2.05) is 34.9 Å². The number of aromatic nitrogens is 2. The van der Waals surface area contributed by atoms with Crippen molar-refractivity contribution in [3.8, 4) is 0 Å². The molecule has 0 saturated carbocycles. The molecule has 1 heterocycles. The predicted octanol–water partition coefficient (Wildman–Crippen LogP) is 4.41. The van der Waals surface area contributed by atoms with E-state index in [1.54, 1.807) is 0 Å². The third-order valence-corrected chi connectivity index (χ3v) is 3.93. The van der Waals surface area contributed by atoms with Crippen molar-refractivity contribution >= 4 is 28.6 Å². The Kier molecular flexibility index (Phi) is 3.55. The Morgan fingerprint density at radius 1 is 1.29 bits per heavy atom. The molecule has 3 aromatic rings. The van der Waals surface area contributed by atoms with Crippen molar-refractivity contribution in [1.29, 1.82) is 0 Å². The first-order valence-corrected chi connectivity index (χ1v) is 7.17. The van der Waals surface area contributed by atoms with Crippen LogP contribution in [0.4, 0.5) is 10.3 Å². The summed E-state index contributed by atoms with van der Waals surface area (Å²) in [6.45, 7) is 2.06. The number of hydrogen-bond donors (Lipinski definition) is 1. The van der Waals surface area contributed by atoms with E-state index < -0.39 is 5.82 Å². The van der Waals surface area contributed by atoms with Crippen LogP contribution in [-0.2, 0) is 0 Å². The normalized spacial score (nSPS) is 12.7. The zero-order valence-electron chi connectivity index (χ0n) is 11.6. The third-order valence-electron chi connectivity index (χ3n) is 3.64. The second-order valence-electron chi connectivity index (χ2n) is 4.93. The van der Waals surface area contributed by atoms with Gasteiger partial charge in [0.05, 0.1) is 22.1 Å². The Labute approximate surface area is 127 Å². The first-order valence-electron chi connectivity index (χ1n) is 6.79. The number of imidazole rings is 1. The molecule has 1 atom stereocenters. The molecule has 0 bridgehead atoms. The van der Waals surface area contributed by atoms with Gasteiger partial charge in [-0.2, -0.15) is 0 Å². The van der Waals surface area contributed by atoms with Gasteiger partial charge in [0.2, 0.25) is 5.95 Å². The smallest absolute Gasteiger partial charge is 0.201 e. The molecule has 1 aromatic heterocycles. The second-order valence-corrected chi connectivity index (χ2v) is 5.34. The van der Waals surface area contributed by atoms with E-state index >= 15 is 0 Å². The Morgan fingerprint density at radius 3 is 2.67 bits per heavy atom. The van der Waals surface area contributed by atoms with Crippen LogP contribution >= 0.6 is 11.6 Å². The van der Waals surface area contributed by atoms with Crippen molar-refractivity contribution in [2.45, 2.75) is 19.4 Å². The maximum Gasteiger partial charge on any atom is 0.201 e. The van der Waals surface area contributed by atoms with Gasteiger partial charge in [0, 0.05) is 6.07 Å². The molecule has 3 nitrogen and oxygen atoms in total. The average molecular weight is 304 g/mol. The molecule has 0 fully saturated rings. The van der Waals surface area contributed by atoms with E-state index in [0.717, 1.165) is 12.0 Å². The highest BCUT2D eigenvalue weighted by Crippen LogP contribution is 2.31. The minimum atomic E-state index is -0.465. The van der Waals surface area contributed by atoms with Gasteiger partial charge in [-0.15, -0.1) is 0 Å². The van der Waals surface area contributed by atoms with Gasteiger partial charge >= 0.3 is 0 Å². The quantitative estimate of drug-likeness (QED) is 0.779. The monoisotopic (exact) mass is 303 g/mol. The summed E-state index contributed by atoms with van der Waals surface area (Å²) in [6.07, 6.45) is 0.823. The van der Waals surface area contributed by atoms with Crippen LogP contribution in [0, 0.1) is 5.82 Å². The third kappa shape index (κ3) is 2.36. The highest BCUT2D eigenvalue weighted by atomic mass is 35.5.